The second-order valence-electron chi connectivity index (χ2n) is 6.80. The molecule has 2 aromatic rings. The summed E-state index contributed by atoms with van der Waals surface area (Å²) in [6.07, 6.45) is 4.18. The summed E-state index contributed by atoms with van der Waals surface area (Å²) in [5.41, 5.74) is 4.19. The van der Waals surface area contributed by atoms with E-state index in [0.717, 1.165) is 23.2 Å². The van der Waals surface area contributed by atoms with Crippen molar-refractivity contribution >= 4 is 5.91 Å². The lowest BCUT2D eigenvalue weighted by atomic mass is 9.86. The summed E-state index contributed by atoms with van der Waals surface area (Å²) in [4.78, 5) is 22.9. The van der Waals surface area contributed by atoms with Crippen LogP contribution in [0.2, 0.25) is 0 Å². The molecule has 4 heteroatoms. The van der Waals surface area contributed by atoms with Crippen molar-refractivity contribution in [3.63, 3.8) is 0 Å². The molecule has 1 aromatic carbocycles. The zero-order valence-electron chi connectivity index (χ0n) is 13.3. The van der Waals surface area contributed by atoms with Gasteiger partial charge >= 0.3 is 0 Å². The molecule has 4 nitrogen and oxygen atoms in total. The minimum Gasteiger partial charge on any atom is -0.334 e. The van der Waals surface area contributed by atoms with Crippen molar-refractivity contribution in [1.82, 2.24) is 14.9 Å². The average molecular weight is 295 g/mol. The normalized spacial score (nSPS) is 14.6. The quantitative estimate of drug-likeness (QED) is 0.812. The number of carbonyl (C=O) groups excluding carboxylic acids is 1. The van der Waals surface area contributed by atoms with Gasteiger partial charge in [0.2, 0.25) is 0 Å². The van der Waals surface area contributed by atoms with Crippen molar-refractivity contribution in [2.24, 2.45) is 0 Å². The van der Waals surface area contributed by atoms with Gasteiger partial charge in [-0.15, -0.1) is 0 Å². The van der Waals surface area contributed by atoms with Crippen LogP contribution in [0.4, 0.5) is 0 Å². The van der Waals surface area contributed by atoms with E-state index < -0.39 is 0 Å². The summed E-state index contributed by atoms with van der Waals surface area (Å²) in [6.45, 7) is 7.82. The first-order chi connectivity index (χ1) is 10.4. The zero-order chi connectivity index (χ0) is 15.7. The van der Waals surface area contributed by atoms with Gasteiger partial charge in [0.15, 0.2) is 0 Å². The summed E-state index contributed by atoms with van der Waals surface area (Å²) < 4.78 is 0. The standard InChI is InChI=1S/C18H21N3O/c1-18(2,3)15-6-4-13(5-7-15)17(22)21-9-8-16-14(11-21)10-19-12-20-16/h4-7,10,12H,8-9,11H2,1-3H3. The lowest BCUT2D eigenvalue weighted by molar-refractivity contribution is 0.0733. The van der Waals surface area contributed by atoms with Crippen molar-refractivity contribution in [2.45, 2.75) is 39.2 Å². The molecule has 0 spiro atoms. The van der Waals surface area contributed by atoms with Crippen LogP contribution in [0.1, 0.15) is 48.0 Å². The first-order valence-electron chi connectivity index (χ1n) is 7.63. The topological polar surface area (TPSA) is 46.1 Å². The third-order valence-corrected chi connectivity index (χ3v) is 4.15. The highest BCUT2D eigenvalue weighted by molar-refractivity contribution is 5.94. The minimum atomic E-state index is 0.0787. The Morgan fingerprint density at radius 1 is 1.18 bits per heavy atom. The fourth-order valence-corrected chi connectivity index (χ4v) is 2.74. The maximum Gasteiger partial charge on any atom is 0.254 e. The van der Waals surface area contributed by atoms with E-state index >= 15 is 0 Å². The number of nitrogens with zero attached hydrogens (tertiary/aromatic N) is 3. The molecule has 0 unspecified atom stereocenters. The number of aromatic nitrogens is 2. The number of fused-ring (bicyclic) bond motifs is 1. The molecule has 22 heavy (non-hydrogen) atoms. The maximum absolute atomic E-state index is 12.7. The Kier molecular flexibility index (Phi) is 3.69. The van der Waals surface area contributed by atoms with Crippen LogP contribution in [-0.2, 0) is 18.4 Å². The number of amides is 1. The van der Waals surface area contributed by atoms with Gasteiger partial charge in [-0.1, -0.05) is 32.9 Å². The van der Waals surface area contributed by atoms with Gasteiger partial charge in [-0.25, -0.2) is 9.97 Å². The van der Waals surface area contributed by atoms with Crippen LogP contribution in [0.15, 0.2) is 36.8 Å². The summed E-state index contributed by atoms with van der Waals surface area (Å²) >= 11 is 0. The fourth-order valence-electron chi connectivity index (χ4n) is 2.74. The van der Waals surface area contributed by atoms with E-state index in [9.17, 15) is 4.79 Å². The minimum absolute atomic E-state index is 0.0787. The molecule has 0 N–H and O–H groups in total. The number of hydrogen-bond donors (Lipinski definition) is 0. The highest BCUT2D eigenvalue weighted by atomic mass is 16.2. The molecular formula is C18H21N3O. The molecule has 1 aliphatic rings. The molecule has 0 saturated heterocycles. The first-order valence-corrected chi connectivity index (χ1v) is 7.63. The van der Waals surface area contributed by atoms with Gasteiger partial charge in [0.25, 0.3) is 5.91 Å². The average Bonchev–Trinajstić information content (AvgIpc) is 2.53. The summed E-state index contributed by atoms with van der Waals surface area (Å²) in [5.74, 6) is 0.0787. The Bertz CT molecular complexity index is 686. The molecule has 0 bridgehead atoms. The van der Waals surface area contributed by atoms with Crippen molar-refractivity contribution < 1.29 is 4.79 Å². The third-order valence-electron chi connectivity index (χ3n) is 4.15. The Balaban J connectivity index is 1.78. The summed E-state index contributed by atoms with van der Waals surface area (Å²) in [7, 11) is 0. The van der Waals surface area contributed by atoms with E-state index in [2.05, 4.69) is 30.7 Å². The maximum atomic E-state index is 12.7. The Labute approximate surface area is 131 Å². The Hall–Kier alpha value is -2.23. The van der Waals surface area contributed by atoms with Crippen molar-refractivity contribution in [3.8, 4) is 0 Å². The van der Waals surface area contributed by atoms with Gasteiger partial charge in [0, 0.05) is 36.8 Å². The number of carbonyl (C=O) groups is 1. The van der Waals surface area contributed by atoms with Crippen LogP contribution < -0.4 is 0 Å². The number of hydrogen-bond acceptors (Lipinski definition) is 3. The molecule has 0 radical (unpaired) electrons. The van der Waals surface area contributed by atoms with Gasteiger partial charge in [-0.2, -0.15) is 0 Å². The van der Waals surface area contributed by atoms with Gasteiger partial charge in [-0.3, -0.25) is 4.79 Å². The second-order valence-corrected chi connectivity index (χ2v) is 6.80. The van der Waals surface area contributed by atoms with Crippen molar-refractivity contribution in [3.05, 3.63) is 59.2 Å². The van der Waals surface area contributed by atoms with E-state index in [1.54, 1.807) is 6.33 Å². The van der Waals surface area contributed by atoms with E-state index in [-0.39, 0.29) is 11.3 Å². The molecule has 1 aromatic heterocycles. The van der Waals surface area contributed by atoms with Crippen molar-refractivity contribution in [2.75, 3.05) is 6.54 Å². The molecule has 0 saturated carbocycles. The molecule has 0 fully saturated rings. The monoisotopic (exact) mass is 295 g/mol. The fraction of sp³-hybridized carbons (Fsp3) is 0.389. The highest BCUT2D eigenvalue weighted by Gasteiger charge is 2.23. The summed E-state index contributed by atoms with van der Waals surface area (Å²) in [5, 5.41) is 0. The first kappa shape index (κ1) is 14.7. The van der Waals surface area contributed by atoms with Crippen LogP contribution in [0.5, 0.6) is 0 Å². The van der Waals surface area contributed by atoms with Crippen LogP contribution in [0.25, 0.3) is 0 Å². The molecule has 3 rings (SSSR count). The molecule has 0 atom stereocenters. The molecule has 1 aliphatic heterocycles. The number of rotatable bonds is 1. The lowest BCUT2D eigenvalue weighted by Crippen LogP contribution is -2.36. The van der Waals surface area contributed by atoms with Crippen LogP contribution in [0, 0.1) is 0 Å². The largest absolute Gasteiger partial charge is 0.334 e. The zero-order valence-corrected chi connectivity index (χ0v) is 13.3. The Morgan fingerprint density at radius 3 is 2.59 bits per heavy atom. The van der Waals surface area contributed by atoms with Crippen LogP contribution in [-0.4, -0.2) is 27.3 Å². The van der Waals surface area contributed by atoms with Gasteiger partial charge in [0.1, 0.15) is 6.33 Å². The van der Waals surface area contributed by atoms with Gasteiger partial charge in [0.05, 0.1) is 5.69 Å². The smallest absolute Gasteiger partial charge is 0.254 e. The molecule has 2 heterocycles. The summed E-state index contributed by atoms with van der Waals surface area (Å²) in [6, 6.07) is 7.96. The van der Waals surface area contributed by atoms with E-state index in [4.69, 9.17) is 0 Å². The van der Waals surface area contributed by atoms with Crippen LogP contribution in [0.3, 0.4) is 0 Å². The van der Waals surface area contributed by atoms with Crippen molar-refractivity contribution in [1.29, 1.82) is 0 Å². The van der Waals surface area contributed by atoms with Gasteiger partial charge in [-0.05, 0) is 23.1 Å². The molecular weight excluding hydrogens is 274 g/mol. The number of benzene rings is 1. The molecule has 1 amide bonds. The lowest BCUT2D eigenvalue weighted by Gasteiger charge is -2.28. The molecule has 0 aliphatic carbocycles. The predicted octanol–water partition coefficient (Wildman–Crippen LogP) is 2.97. The Morgan fingerprint density at radius 2 is 1.91 bits per heavy atom. The third kappa shape index (κ3) is 2.86. The second kappa shape index (κ2) is 5.52. The van der Waals surface area contributed by atoms with Gasteiger partial charge < -0.3 is 4.90 Å². The van der Waals surface area contributed by atoms with E-state index in [1.165, 1.54) is 5.56 Å². The highest BCUT2D eigenvalue weighted by Crippen LogP contribution is 2.23. The predicted molar refractivity (Wildman–Crippen MR) is 85.6 cm³/mol. The van der Waals surface area contributed by atoms with E-state index in [1.807, 2.05) is 35.4 Å². The van der Waals surface area contributed by atoms with E-state index in [0.29, 0.717) is 13.1 Å². The molecule has 114 valence electrons. The van der Waals surface area contributed by atoms with Crippen LogP contribution >= 0.6 is 0 Å². The SMILES string of the molecule is CC(C)(C)c1ccc(C(=O)N2CCc3ncncc3C2)cc1.